The molecule has 0 aromatic heterocycles. The van der Waals surface area contributed by atoms with Crippen molar-refractivity contribution in [1.29, 1.82) is 0 Å². The van der Waals surface area contributed by atoms with Crippen LogP contribution in [0.2, 0.25) is 5.02 Å². The molecule has 6 rings (SSSR count). The van der Waals surface area contributed by atoms with E-state index in [1.54, 1.807) is 0 Å². The van der Waals surface area contributed by atoms with Crippen molar-refractivity contribution in [2.75, 3.05) is 39.3 Å². The highest BCUT2D eigenvalue weighted by molar-refractivity contribution is 6.31. The molecule has 2 aromatic rings. The minimum atomic E-state index is 0.344. The average Bonchev–Trinajstić information content (AvgIpc) is 3.57. The molecule has 6 unspecified atom stereocenters. The number of hydrogen-bond donors (Lipinski definition) is 0. The van der Waals surface area contributed by atoms with Crippen LogP contribution in [0.1, 0.15) is 120 Å². The van der Waals surface area contributed by atoms with Crippen molar-refractivity contribution < 1.29 is 9.59 Å². The molecule has 6 nitrogen and oxygen atoms in total. The summed E-state index contributed by atoms with van der Waals surface area (Å²) in [6.07, 6.45) is 10.7. The van der Waals surface area contributed by atoms with E-state index in [4.69, 9.17) is 11.6 Å². The maximum Gasteiger partial charge on any atom is 0.222 e. The van der Waals surface area contributed by atoms with E-state index in [0.717, 1.165) is 69.1 Å². The molecule has 6 atom stereocenters. The first-order valence-corrected chi connectivity index (χ1v) is 19.4. The van der Waals surface area contributed by atoms with E-state index < -0.39 is 0 Å². The van der Waals surface area contributed by atoms with Crippen molar-refractivity contribution in [3.63, 3.8) is 0 Å². The number of halogens is 1. The van der Waals surface area contributed by atoms with Crippen LogP contribution in [0.3, 0.4) is 0 Å². The summed E-state index contributed by atoms with van der Waals surface area (Å²) >= 11 is 6.28. The Bertz CT molecular complexity index is 1340. The van der Waals surface area contributed by atoms with Crippen molar-refractivity contribution in [2.24, 2.45) is 0 Å². The third-order valence-electron chi connectivity index (χ3n) is 11.8. The minimum Gasteiger partial charge on any atom is -0.335 e. The Morgan fingerprint density at radius 1 is 0.688 bits per heavy atom. The van der Waals surface area contributed by atoms with Gasteiger partial charge in [0.05, 0.1) is 0 Å². The lowest BCUT2D eigenvalue weighted by molar-refractivity contribution is -0.134. The summed E-state index contributed by atoms with van der Waals surface area (Å²) in [4.78, 5) is 34.1. The van der Waals surface area contributed by atoms with Gasteiger partial charge in [-0.25, -0.2) is 0 Å². The highest BCUT2D eigenvalue weighted by Crippen LogP contribution is 2.33. The predicted molar refractivity (Wildman–Crippen MR) is 199 cm³/mol. The Morgan fingerprint density at radius 2 is 1.17 bits per heavy atom. The van der Waals surface area contributed by atoms with Crippen LogP contribution in [0.25, 0.3) is 0 Å². The van der Waals surface area contributed by atoms with Crippen molar-refractivity contribution in [3.8, 4) is 0 Å². The summed E-state index contributed by atoms with van der Waals surface area (Å²) in [7, 11) is 0. The molecule has 4 heterocycles. The fraction of sp³-hybridized carbons (Fsp3) is 0.659. The topological polar surface area (TPSA) is 47.1 Å². The van der Waals surface area contributed by atoms with Crippen LogP contribution < -0.4 is 0 Å². The van der Waals surface area contributed by atoms with Gasteiger partial charge in [-0.15, -0.1) is 0 Å². The SMILES string of the molecule is CCC(=O)N1C2CCC1CN(CCC(C)c1ccc(C)c(Cl)c1)CC2.CCC(=O)N1C2CCC1CN(CCC(C)c1ccccc1)CC2. The Morgan fingerprint density at radius 3 is 1.65 bits per heavy atom. The number of nitrogens with zero attached hydrogens (tertiary/aromatic N) is 4. The van der Waals surface area contributed by atoms with Gasteiger partial charge in [-0.05, 0) is 106 Å². The molecule has 7 heteroatoms. The first-order valence-electron chi connectivity index (χ1n) is 19.1. The number of fused-ring (bicyclic) bond motifs is 4. The Balaban J connectivity index is 0.000000188. The maximum absolute atomic E-state index is 12.3. The second-order valence-electron chi connectivity index (χ2n) is 15.1. The quantitative estimate of drug-likeness (QED) is 0.254. The van der Waals surface area contributed by atoms with Gasteiger partial charge < -0.3 is 19.6 Å². The molecule has 2 aromatic carbocycles. The number of likely N-dealkylation sites (tertiary alicyclic amines) is 2. The standard InChI is InChI=1S/C21H31ClN2O.C20H30N2O/c1-4-21(25)24-18-7-8-19(24)14-23(12-10-18)11-9-15(2)17-6-5-16(3)20(22)13-17;1-3-20(23)22-18-9-10-19(22)15-21(14-12-18)13-11-16(2)17-7-5-4-6-8-17/h5-6,13,15,18-19H,4,7-12,14H2,1-3H3;4-8,16,18-19H,3,9-15H2,1-2H3. The molecule has 0 radical (unpaired) electrons. The summed E-state index contributed by atoms with van der Waals surface area (Å²) in [5, 5.41) is 0.866. The summed E-state index contributed by atoms with van der Waals surface area (Å²) in [6, 6.07) is 19.1. The van der Waals surface area contributed by atoms with E-state index in [2.05, 4.69) is 82.0 Å². The summed E-state index contributed by atoms with van der Waals surface area (Å²) in [5.41, 5.74) is 3.91. The zero-order valence-corrected chi connectivity index (χ0v) is 31.1. The monoisotopic (exact) mass is 676 g/mol. The molecular weight excluding hydrogens is 616 g/mol. The van der Waals surface area contributed by atoms with E-state index in [1.807, 2.05) is 20.8 Å². The fourth-order valence-corrected chi connectivity index (χ4v) is 8.85. The van der Waals surface area contributed by atoms with E-state index in [0.29, 0.717) is 60.7 Å². The summed E-state index contributed by atoms with van der Waals surface area (Å²) < 4.78 is 0. The molecule has 4 saturated heterocycles. The van der Waals surface area contributed by atoms with Gasteiger partial charge in [0.25, 0.3) is 0 Å². The highest BCUT2D eigenvalue weighted by Gasteiger charge is 2.40. The van der Waals surface area contributed by atoms with Crippen molar-refractivity contribution in [2.45, 2.75) is 135 Å². The van der Waals surface area contributed by atoms with Crippen LogP contribution in [-0.2, 0) is 9.59 Å². The minimum absolute atomic E-state index is 0.344. The average molecular weight is 677 g/mol. The molecule has 2 amide bonds. The first-order chi connectivity index (χ1) is 23.2. The number of amides is 2. The summed E-state index contributed by atoms with van der Waals surface area (Å²) in [5.74, 6) is 1.81. The van der Waals surface area contributed by atoms with Gasteiger partial charge in [0, 0.05) is 68.2 Å². The van der Waals surface area contributed by atoms with Crippen molar-refractivity contribution >= 4 is 23.4 Å². The lowest BCUT2D eigenvalue weighted by atomic mass is 9.96. The predicted octanol–water partition coefficient (Wildman–Crippen LogP) is 8.27. The van der Waals surface area contributed by atoms with Crippen LogP contribution in [0.4, 0.5) is 0 Å². The van der Waals surface area contributed by atoms with Gasteiger partial charge in [0.1, 0.15) is 0 Å². The maximum atomic E-state index is 12.3. The van der Waals surface area contributed by atoms with Crippen LogP contribution in [-0.4, -0.2) is 94.8 Å². The van der Waals surface area contributed by atoms with Gasteiger partial charge in [-0.1, -0.05) is 81.8 Å². The van der Waals surface area contributed by atoms with Gasteiger partial charge >= 0.3 is 0 Å². The number of benzene rings is 2. The van der Waals surface area contributed by atoms with Gasteiger partial charge in [0.15, 0.2) is 0 Å². The molecule has 0 aliphatic carbocycles. The van der Waals surface area contributed by atoms with Crippen molar-refractivity contribution in [3.05, 3.63) is 70.2 Å². The van der Waals surface area contributed by atoms with Gasteiger partial charge in [0.2, 0.25) is 11.8 Å². The van der Waals surface area contributed by atoms with Crippen LogP contribution in [0.15, 0.2) is 48.5 Å². The first kappa shape index (κ1) is 36.9. The highest BCUT2D eigenvalue weighted by atomic mass is 35.5. The van der Waals surface area contributed by atoms with Crippen LogP contribution >= 0.6 is 11.6 Å². The van der Waals surface area contributed by atoms with E-state index >= 15 is 0 Å². The lowest BCUT2D eigenvalue weighted by Gasteiger charge is -2.29. The molecule has 0 spiro atoms. The fourth-order valence-electron chi connectivity index (χ4n) is 8.66. The summed E-state index contributed by atoms with van der Waals surface area (Å²) in [6.45, 7) is 17.3. The van der Waals surface area contributed by atoms with Crippen molar-refractivity contribution in [1.82, 2.24) is 19.6 Å². The molecule has 0 saturated carbocycles. The number of hydrogen-bond acceptors (Lipinski definition) is 4. The molecule has 4 aliphatic rings. The number of carbonyl (C=O) groups excluding carboxylic acids is 2. The number of aryl methyl sites for hydroxylation is 1. The molecule has 4 aliphatic heterocycles. The molecule has 264 valence electrons. The second-order valence-corrected chi connectivity index (χ2v) is 15.5. The van der Waals surface area contributed by atoms with Crippen LogP contribution in [0.5, 0.6) is 0 Å². The third-order valence-corrected chi connectivity index (χ3v) is 12.2. The molecule has 48 heavy (non-hydrogen) atoms. The Hall–Kier alpha value is -2.41. The number of carbonyl (C=O) groups is 2. The lowest BCUT2D eigenvalue weighted by Crippen LogP contribution is -2.43. The Labute approximate surface area is 296 Å². The molecular formula is C41H61ClN4O2. The third kappa shape index (κ3) is 9.22. The second kappa shape index (κ2) is 17.5. The van der Waals surface area contributed by atoms with E-state index in [-0.39, 0.29) is 0 Å². The van der Waals surface area contributed by atoms with Crippen LogP contribution in [0, 0.1) is 6.92 Å². The smallest absolute Gasteiger partial charge is 0.222 e. The molecule has 4 bridgehead atoms. The molecule has 0 N–H and O–H groups in total. The van der Waals surface area contributed by atoms with Gasteiger partial charge in [-0.3, -0.25) is 9.59 Å². The molecule has 4 fully saturated rings. The largest absolute Gasteiger partial charge is 0.335 e. The number of rotatable bonds is 10. The zero-order chi connectivity index (χ0) is 34.2. The van der Waals surface area contributed by atoms with Gasteiger partial charge in [-0.2, -0.15) is 0 Å². The van der Waals surface area contributed by atoms with E-state index in [9.17, 15) is 9.59 Å². The normalized spacial score (nSPS) is 25.5. The zero-order valence-electron chi connectivity index (χ0n) is 30.4. The van der Waals surface area contributed by atoms with E-state index in [1.165, 1.54) is 43.2 Å². The Kier molecular flexibility index (Phi) is 13.4.